The van der Waals surface area contributed by atoms with E-state index >= 15 is 0 Å². The third-order valence-electron chi connectivity index (χ3n) is 6.57. The fraction of sp³-hybridized carbons (Fsp3) is 0.0833. The topological polar surface area (TPSA) is 180 Å². The lowest BCUT2D eigenvalue weighted by Gasteiger charge is -2.00. The van der Waals surface area contributed by atoms with Crippen molar-refractivity contribution in [2.24, 2.45) is 0 Å². The summed E-state index contributed by atoms with van der Waals surface area (Å²) in [6.07, 6.45) is 20.5. The number of ether oxygens (including phenoxy) is 2. The first-order valence-corrected chi connectivity index (χ1v) is 14.8. The van der Waals surface area contributed by atoms with Crippen molar-refractivity contribution >= 4 is 11.0 Å². The predicted molar refractivity (Wildman–Crippen MR) is 192 cm³/mol. The molecule has 8 aromatic rings. The molecule has 8 rings (SSSR count). The second-order valence-corrected chi connectivity index (χ2v) is 9.77. The molecule has 0 aliphatic carbocycles. The Bertz CT molecular complexity index is 2390. The molecule has 3 N–H and O–H groups in total. The van der Waals surface area contributed by atoms with Crippen molar-refractivity contribution in [3.63, 3.8) is 0 Å². The lowest BCUT2D eigenvalue weighted by atomic mass is 10.2. The fourth-order valence-corrected chi connectivity index (χ4v) is 4.25. The van der Waals surface area contributed by atoms with E-state index in [1.54, 1.807) is 65.5 Å². The van der Waals surface area contributed by atoms with E-state index in [1.165, 1.54) is 24.0 Å². The second kappa shape index (κ2) is 20.1. The first-order valence-electron chi connectivity index (χ1n) is 14.8. The molecule has 264 valence electrons. The molecule has 0 radical (unpaired) electrons. The molecule has 8 aromatic heterocycles. The van der Waals surface area contributed by atoms with Crippen LogP contribution in [0.15, 0.2) is 133 Å². The van der Waals surface area contributed by atoms with Crippen LogP contribution in [0.3, 0.4) is 0 Å². The molecule has 0 amide bonds. The Morgan fingerprint density at radius 3 is 1.90 bits per heavy atom. The van der Waals surface area contributed by atoms with E-state index in [9.17, 15) is 4.79 Å². The number of nitrogens with zero attached hydrogens (tertiary/aromatic N) is 10. The standard InChI is InChI=1S/C12H10N4O.C11H8N4O.C7H6N2O.C5H7N2.CH4.HI/c1-17-11-5-6-13-12(15-11)9-8-14-16-7-3-2-4-10(9)16;16-10-4-5-12-11(14-10)8-7-13-15-6-2-1-3-9(8)15;1-3-6-8-5-4-7(9-6)10-2;6-7-4-2-1-3-5-7;;/h2-8H,1H3;1-7H,(H,12,14,16);1,4-5H,2H3;1-5H,6H2;1H4;1H/q;;;+1;;/p-1. The maximum absolute atomic E-state index is 11.2. The van der Waals surface area contributed by atoms with Crippen LogP contribution in [0, 0.1) is 12.3 Å². The van der Waals surface area contributed by atoms with Gasteiger partial charge in [-0.2, -0.15) is 20.2 Å². The minimum absolute atomic E-state index is 0. The molecule has 0 saturated heterocycles. The van der Waals surface area contributed by atoms with Crippen molar-refractivity contribution < 1.29 is 38.1 Å². The Kier molecular flexibility index (Phi) is 15.3. The first kappa shape index (κ1) is 39.7. The SMILES string of the molecule is C.C#Cc1nccc(OC)n1.COc1ccnc(-c2cnn3ccccc23)n1.N[n+]1ccccc1.O=c1ccnc(-c2cnn3ccccc23)[nH]1.[I-]. The Morgan fingerprint density at radius 2 is 1.33 bits per heavy atom. The summed E-state index contributed by atoms with van der Waals surface area (Å²) in [6.45, 7) is 0. The molecule has 0 bridgehead atoms. The number of aromatic amines is 1. The van der Waals surface area contributed by atoms with Gasteiger partial charge in [0.05, 0.1) is 48.8 Å². The molecule has 0 aromatic carbocycles. The number of pyridine rings is 3. The minimum Gasteiger partial charge on any atom is -1.00 e. The van der Waals surface area contributed by atoms with Crippen LogP contribution in [0.5, 0.6) is 11.8 Å². The smallest absolute Gasteiger partial charge is 0.251 e. The van der Waals surface area contributed by atoms with E-state index in [0.29, 0.717) is 29.2 Å². The molecule has 0 spiro atoms. The third kappa shape index (κ3) is 10.6. The van der Waals surface area contributed by atoms with Gasteiger partial charge in [-0.3, -0.25) is 4.79 Å². The zero-order valence-electron chi connectivity index (χ0n) is 27.4. The Morgan fingerprint density at radius 1 is 0.750 bits per heavy atom. The summed E-state index contributed by atoms with van der Waals surface area (Å²) >= 11 is 0. The van der Waals surface area contributed by atoms with Gasteiger partial charge in [0.2, 0.25) is 17.6 Å². The number of nitrogens with two attached hydrogens (primary N) is 1. The van der Waals surface area contributed by atoms with E-state index in [-0.39, 0.29) is 37.0 Å². The van der Waals surface area contributed by atoms with Crippen LogP contribution in [0.4, 0.5) is 0 Å². The van der Waals surface area contributed by atoms with Gasteiger partial charge in [-0.15, -0.1) is 6.42 Å². The van der Waals surface area contributed by atoms with Gasteiger partial charge in [0.25, 0.3) is 5.56 Å². The Hall–Kier alpha value is -6.74. The van der Waals surface area contributed by atoms with Gasteiger partial charge < -0.3 is 38.4 Å². The van der Waals surface area contributed by atoms with Crippen LogP contribution in [-0.2, 0) is 0 Å². The highest BCUT2D eigenvalue weighted by Crippen LogP contribution is 2.22. The van der Waals surface area contributed by atoms with E-state index in [0.717, 1.165) is 22.2 Å². The summed E-state index contributed by atoms with van der Waals surface area (Å²) in [6, 6.07) is 22.0. The molecule has 0 fully saturated rings. The lowest BCUT2D eigenvalue weighted by Crippen LogP contribution is -3.00. The summed E-state index contributed by atoms with van der Waals surface area (Å²) in [4.78, 5) is 34.2. The maximum atomic E-state index is 11.2. The van der Waals surface area contributed by atoms with Crippen LogP contribution in [-0.4, -0.2) is 63.4 Å². The van der Waals surface area contributed by atoms with Gasteiger partial charge in [0.15, 0.2) is 18.2 Å². The van der Waals surface area contributed by atoms with Gasteiger partial charge in [-0.05, 0) is 30.2 Å². The summed E-state index contributed by atoms with van der Waals surface area (Å²) in [5.41, 5.74) is 3.43. The van der Waals surface area contributed by atoms with Crippen molar-refractivity contribution in [2.75, 3.05) is 20.1 Å². The Labute approximate surface area is 316 Å². The van der Waals surface area contributed by atoms with E-state index in [2.05, 4.69) is 46.0 Å². The molecule has 0 unspecified atom stereocenters. The van der Waals surface area contributed by atoms with E-state index in [4.69, 9.17) is 21.7 Å². The normalized spacial score (nSPS) is 9.56. The zero-order chi connectivity index (χ0) is 35.1. The van der Waals surface area contributed by atoms with Crippen molar-refractivity contribution in [1.82, 2.24) is 49.1 Å². The molecular weight excluding hydrogens is 775 g/mol. The average Bonchev–Trinajstić information content (AvgIpc) is 3.81. The Balaban J connectivity index is 0.000000194. The summed E-state index contributed by atoms with van der Waals surface area (Å²) in [7, 11) is 3.12. The van der Waals surface area contributed by atoms with Crippen molar-refractivity contribution in [1.29, 1.82) is 0 Å². The summed E-state index contributed by atoms with van der Waals surface area (Å²) in [5, 5.41) is 8.43. The third-order valence-corrected chi connectivity index (χ3v) is 6.57. The zero-order valence-corrected chi connectivity index (χ0v) is 29.5. The molecular formula is C36H35IN12O3. The summed E-state index contributed by atoms with van der Waals surface area (Å²) in [5.74, 6) is 10.1. The number of nitrogen functional groups attached to an aromatic ring is 1. The minimum atomic E-state index is -0.166. The van der Waals surface area contributed by atoms with Gasteiger partial charge in [0.1, 0.15) is 5.82 Å². The number of terminal acetylenes is 1. The second-order valence-electron chi connectivity index (χ2n) is 9.77. The van der Waals surface area contributed by atoms with Gasteiger partial charge in [-0.1, -0.05) is 30.3 Å². The van der Waals surface area contributed by atoms with Crippen LogP contribution in [0.1, 0.15) is 13.3 Å². The fourth-order valence-electron chi connectivity index (χ4n) is 4.25. The molecule has 16 heteroatoms. The number of rotatable bonds is 4. The maximum Gasteiger partial charge on any atom is 0.251 e. The number of nitrogens with one attached hydrogen (secondary N) is 1. The van der Waals surface area contributed by atoms with E-state index in [1.807, 2.05) is 67.0 Å². The molecule has 15 nitrogen and oxygen atoms in total. The average molecular weight is 811 g/mol. The molecule has 0 aliphatic heterocycles. The van der Waals surface area contributed by atoms with Crippen molar-refractivity contribution in [3.8, 4) is 46.9 Å². The lowest BCUT2D eigenvalue weighted by molar-refractivity contribution is -0.638. The van der Waals surface area contributed by atoms with E-state index < -0.39 is 0 Å². The summed E-state index contributed by atoms with van der Waals surface area (Å²) < 4.78 is 14.9. The van der Waals surface area contributed by atoms with Gasteiger partial charge >= 0.3 is 0 Å². The highest BCUT2D eigenvalue weighted by molar-refractivity contribution is 5.76. The number of halogens is 1. The van der Waals surface area contributed by atoms with Gasteiger partial charge in [0, 0.05) is 61.3 Å². The number of H-pyrrole nitrogens is 1. The van der Waals surface area contributed by atoms with Crippen LogP contribution < -0.4 is 49.5 Å². The first-order chi connectivity index (χ1) is 24.5. The quantitative estimate of drug-likeness (QED) is 0.111. The van der Waals surface area contributed by atoms with Crippen LogP contribution >= 0.6 is 0 Å². The molecule has 52 heavy (non-hydrogen) atoms. The largest absolute Gasteiger partial charge is 1.00 e. The number of aromatic nitrogens is 11. The predicted octanol–water partition coefficient (Wildman–Crippen LogP) is 0.679. The van der Waals surface area contributed by atoms with Crippen LogP contribution in [0.2, 0.25) is 0 Å². The monoisotopic (exact) mass is 810 g/mol. The highest BCUT2D eigenvalue weighted by Gasteiger charge is 2.09. The number of fused-ring (bicyclic) bond motifs is 2. The number of hydrogen-bond acceptors (Lipinski definition) is 11. The van der Waals surface area contributed by atoms with Crippen molar-refractivity contribution in [2.45, 2.75) is 7.43 Å². The van der Waals surface area contributed by atoms with Crippen LogP contribution in [0.25, 0.3) is 33.8 Å². The molecule has 0 atom stereocenters. The number of hydrogen-bond donors (Lipinski definition) is 2. The number of methoxy groups -OCH3 is 2. The van der Waals surface area contributed by atoms with Crippen molar-refractivity contribution in [3.05, 3.63) is 145 Å². The van der Waals surface area contributed by atoms with Gasteiger partial charge in [-0.25, -0.2) is 29.8 Å². The molecule has 8 heterocycles. The molecule has 0 saturated carbocycles. The molecule has 0 aliphatic rings. The highest BCUT2D eigenvalue weighted by atomic mass is 127.